The van der Waals surface area contributed by atoms with Gasteiger partial charge >= 0.3 is 0 Å². The fourth-order valence-electron chi connectivity index (χ4n) is 3.82. The number of hydrogen-bond donors (Lipinski definition) is 1. The summed E-state index contributed by atoms with van der Waals surface area (Å²) in [4.78, 5) is 2.47. The Kier molecular flexibility index (Phi) is 3.69. The van der Waals surface area contributed by atoms with Gasteiger partial charge in [0.25, 0.3) is 0 Å². The van der Waals surface area contributed by atoms with Crippen molar-refractivity contribution in [3.8, 4) is 0 Å². The summed E-state index contributed by atoms with van der Waals surface area (Å²) >= 11 is 0. The molecule has 110 valence electrons. The molecule has 3 rings (SSSR count). The van der Waals surface area contributed by atoms with Gasteiger partial charge in [0.05, 0.1) is 11.8 Å². The molecule has 0 radical (unpaired) electrons. The van der Waals surface area contributed by atoms with Crippen LogP contribution < -0.4 is 0 Å². The monoisotopic (exact) mass is 275 g/mol. The van der Waals surface area contributed by atoms with Crippen LogP contribution >= 0.6 is 0 Å². The second-order valence-corrected chi connectivity index (χ2v) is 6.41. The summed E-state index contributed by atoms with van der Waals surface area (Å²) in [5, 5.41) is 15.0. The van der Waals surface area contributed by atoms with E-state index in [-0.39, 0.29) is 5.60 Å². The van der Waals surface area contributed by atoms with Crippen molar-refractivity contribution in [2.75, 3.05) is 13.1 Å². The molecule has 4 nitrogen and oxygen atoms in total. The van der Waals surface area contributed by atoms with E-state index in [1.165, 1.54) is 30.5 Å². The molecule has 2 fully saturated rings. The molecule has 0 bridgehead atoms. The van der Waals surface area contributed by atoms with Crippen molar-refractivity contribution in [3.63, 3.8) is 0 Å². The van der Waals surface area contributed by atoms with E-state index in [2.05, 4.69) is 23.5 Å². The van der Waals surface area contributed by atoms with Crippen molar-refractivity contribution in [1.82, 2.24) is 14.7 Å². The molecule has 1 aliphatic heterocycles. The van der Waals surface area contributed by atoms with Crippen LogP contribution in [0.4, 0.5) is 0 Å². The summed E-state index contributed by atoms with van der Waals surface area (Å²) < 4.78 is 1.83. The molecule has 1 aliphatic carbocycles. The summed E-state index contributed by atoms with van der Waals surface area (Å²) in [6, 6.07) is 0. The van der Waals surface area contributed by atoms with E-state index >= 15 is 0 Å². The van der Waals surface area contributed by atoms with Gasteiger partial charge < -0.3 is 5.11 Å². The van der Waals surface area contributed by atoms with Gasteiger partial charge in [0.15, 0.2) is 0 Å². The molecule has 0 spiro atoms. The standard InChI is InChI=1S/C16H25N3O/c1-3-19-13(2)14(10-17-19)11-18-9-8-16(20)7-5-4-6-15(16)12-18/h3,10,15,20H,1,4-9,11-12H2,2H3/t15-,16-/m0/s1. The Morgan fingerprint density at radius 1 is 1.50 bits per heavy atom. The Bertz CT molecular complexity index is 496. The van der Waals surface area contributed by atoms with Gasteiger partial charge in [-0.05, 0) is 26.2 Å². The zero-order chi connectivity index (χ0) is 14.2. The van der Waals surface area contributed by atoms with Crippen LogP contribution in [0.15, 0.2) is 12.8 Å². The second kappa shape index (κ2) is 5.34. The molecule has 2 atom stereocenters. The third-order valence-corrected chi connectivity index (χ3v) is 5.22. The predicted molar refractivity (Wildman–Crippen MR) is 80.2 cm³/mol. The lowest BCUT2D eigenvalue weighted by Gasteiger charge is -2.47. The van der Waals surface area contributed by atoms with Crippen LogP contribution in [0.3, 0.4) is 0 Å². The first kappa shape index (κ1) is 13.8. The van der Waals surface area contributed by atoms with Crippen LogP contribution in [0, 0.1) is 12.8 Å². The van der Waals surface area contributed by atoms with Crippen LogP contribution in [0.5, 0.6) is 0 Å². The highest BCUT2D eigenvalue weighted by Crippen LogP contribution is 2.40. The Labute approximate surface area is 121 Å². The first-order chi connectivity index (χ1) is 9.62. The molecule has 0 unspecified atom stereocenters. The second-order valence-electron chi connectivity index (χ2n) is 6.41. The fraction of sp³-hybridized carbons (Fsp3) is 0.688. The molecule has 0 aromatic carbocycles. The number of hydrogen-bond acceptors (Lipinski definition) is 3. The maximum Gasteiger partial charge on any atom is 0.0700 e. The molecule has 1 aromatic heterocycles. The number of nitrogens with zero attached hydrogens (tertiary/aromatic N) is 3. The molecule has 1 N–H and O–H groups in total. The fourth-order valence-corrected chi connectivity index (χ4v) is 3.82. The van der Waals surface area contributed by atoms with Gasteiger partial charge in [-0.25, -0.2) is 4.68 Å². The zero-order valence-electron chi connectivity index (χ0n) is 12.4. The minimum absolute atomic E-state index is 0.380. The average Bonchev–Trinajstić information content (AvgIpc) is 2.80. The normalized spacial score (nSPS) is 31.0. The van der Waals surface area contributed by atoms with E-state index in [0.717, 1.165) is 32.5 Å². The summed E-state index contributed by atoms with van der Waals surface area (Å²) in [5.74, 6) is 0.458. The first-order valence-electron chi connectivity index (χ1n) is 7.73. The molecule has 2 heterocycles. The smallest absolute Gasteiger partial charge is 0.0700 e. The SMILES string of the molecule is C=Cn1ncc(CN2CC[C@@]3(O)CCCC[C@H]3C2)c1C. The quantitative estimate of drug-likeness (QED) is 0.921. The molecule has 4 heteroatoms. The summed E-state index contributed by atoms with van der Waals surface area (Å²) in [5.41, 5.74) is 2.06. The Balaban J connectivity index is 1.67. The molecule has 1 aromatic rings. The molecular weight excluding hydrogens is 250 g/mol. The van der Waals surface area contributed by atoms with Crippen LogP contribution in [-0.2, 0) is 6.54 Å². The molecule has 1 saturated heterocycles. The van der Waals surface area contributed by atoms with Gasteiger partial charge in [-0.15, -0.1) is 0 Å². The number of piperidine rings is 1. The zero-order valence-corrected chi connectivity index (χ0v) is 12.4. The lowest BCUT2D eigenvalue weighted by molar-refractivity contribution is -0.0968. The van der Waals surface area contributed by atoms with Crippen molar-refractivity contribution < 1.29 is 5.11 Å². The highest BCUT2D eigenvalue weighted by atomic mass is 16.3. The third-order valence-electron chi connectivity index (χ3n) is 5.22. The van der Waals surface area contributed by atoms with Gasteiger partial charge in [-0.2, -0.15) is 5.10 Å². The first-order valence-corrected chi connectivity index (χ1v) is 7.73. The summed E-state index contributed by atoms with van der Waals surface area (Å²) in [6.45, 7) is 8.81. The van der Waals surface area contributed by atoms with E-state index in [1.54, 1.807) is 6.20 Å². The highest BCUT2D eigenvalue weighted by molar-refractivity contribution is 5.26. The van der Waals surface area contributed by atoms with Gasteiger partial charge in [0.1, 0.15) is 0 Å². The Morgan fingerprint density at radius 2 is 2.35 bits per heavy atom. The number of rotatable bonds is 3. The van der Waals surface area contributed by atoms with Crippen molar-refractivity contribution in [2.45, 2.75) is 51.2 Å². The average molecular weight is 275 g/mol. The number of likely N-dealkylation sites (tertiary alicyclic amines) is 1. The van der Waals surface area contributed by atoms with Gasteiger partial charge in [0, 0.05) is 43.0 Å². The Morgan fingerprint density at radius 3 is 3.10 bits per heavy atom. The van der Waals surface area contributed by atoms with Gasteiger partial charge in [-0.3, -0.25) is 4.90 Å². The maximum atomic E-state index is 10.7. The van der Waals surface area contributed by atoms with E-state index in [4.69, 9.17) is 0 Å². The topological polar surface area (TPSA) is 41.3 Å². The minimum Gasteiger partial charge on any atom is -0.390 e. The number of aromatic nitrogens is 2. The van der Waals surface area contributed by atoms with E-state index in [1.807, 2.05) is 10.9 Å². The molecule has 2 aliphatic rings. The molecule has 20 heavy (non-hydrogen) atoms. The lowest BCUT2D eigenvalue weighted by Crippen LogP contribution is -2.52. The van der Waals surface area contributed by atoms with E-state index < -0.39 is 0 Å². The number of fused-ring (bicyclic) bond motifs is 1. The molecule has 1 saturated carbocycles. The highest BCUT2D eigenvalue weighted by Gasteiger charge is 2.42. The predicted octanol–water partition coefficient (Wildman–Crippen LogP) is 2.42. The van der Waals surface area contributed by atoms with Crippen molar-refractivity contribution in [1.29, 1.82) is 0 Å². The van der Waals surface area contributed by atoms with Crippen LogP contribution in [-0.4, -0.2) is 38.5 Å². The third kappa shape index (κ3) is 2.42. The van der Waals surface area contributed by atoms with Crippen molar-refractivity contribution >= 4 is 6.20 Å². The van der Waals surface area contributed by atoms with Crippen LogP contribution in [0.1, 0.15) is 43.4 Å². The molecule has 0 amide bonds. The van der Waals surface area contributed by atoms with E-state index in [0.29, 0.717) is 5.92 Å². The maximum absolute atomic E-state index is 10.7. The molecular formula is C16H25N3O. The van der Waals surface area contributed by atoms with Gasteiger partial charge in [0.2, 0.25) is 0 Å². The van der Waals surface area contributed by atoms with Crippen molar-refractivity contribution in [3.05, 3.63) is 24.0 Å². The summed E-state index contributed by atoms with van der Waals surface area (Å²) in [6.07, 6.45) is 9.25. The van der Waals surface area contributed by atoms with Crippen LogP contribution in [0.2, 0.25) is 0 Å². The van der Waals surface area contributed by atoms with Crippen LogP contribution in [0.25, 0.3) is 6.20 Å². The number of aliphatic hydroxyl groups is 1. The largest absolute Gasteiger partial charge is 0.390 e. The van der Waals surface area contributed by atoms with Gasteiger partial charge in [-0.1, -0.05) is 19.4 Å². The summed E-state index contributed by atoms with van der Waals surface area (Å²) in [7, 11) is 0. The van der Waals surface area contributed by atoms with Crippen molar-refractivity contribution in [2.24, 2.45) is 5.92 Å². The lowest BCUT2D eigenvalue weighted by atomic mass is 9.71. The van der Waals surface area contributed by atoms with E-state index in [9.17, 15) is 5.11 Å². The Hall–Kier alpha value is -1.13. The minimum atomic E-state index is -0.380.